The second kappa shape index (κ2) is 5.66. The lowest BCUT2D eigenvalue weighted by atomic mass is 10.1. The highest BCUT2D eigenvalue weighted by Crippen LogP contribution is 2.15. The topological polar surface area (TPSA) is 66.5 Å². The van der Waals surface area contributed by atoms with Crippen molar-refractivity contribution in [3.8, 4) is 5.75 Å². The first-order chi connectivity index (χ1) is 10.2. The van der Waals surface area contributed by atoms with E-state index in [1.807, 2.05) is 43.3 Å². The van der Waals surface area contributed by atoms with Gasteiger partial charge in [-0.25, -0.2) is 5.43 Å². The van der Waals surface area contributed by atoms with Crippen LogP contribution in [0.4, 0.5) is 0 Å². The highest BCUT2D eigenvalue weighted by molar-refractivity contribution is 6.27. The molecular formula is C16H15N3O2. The molecular weight excluding hydrogens is 266 g/mol. The van der Waals surface area contributed by atoms with Crippen LogP contribution in [0.15, 0.2) is 53.3 Å². The van der Waals surface area contributed by atoms with Crippen molar-refractivity contribution in [2.45, 2.75) is 6.92 Å². The van der Waals surface area contributed by atoms with Crippen molar-refractivity contribution in [3.63, 3.8) is 0 Å². The number of nitrogens with zero attached hydrogens (tertiary/aromatic N) is 1. The smallest absolute Gasteiger partial charge is 0.273 e. The number of ether oxygens (including phenoxy) is 1. The highest BCUT2D eigenvalue weighted by atomic mass is 16.5. The van der Waals surface area contributed by atoms with Crippen LogP contribution >= 0.6 is 0 Å². The molecule has 3 rings (SSSR count). The zero-order valence-electron chi connectivity index (χ0n) is 11.6. The van der Waals surface area contributed by atoms with Gasteiger partial charge in [-0.15, -0.1) is 0 Å². The largest absolute Gasteiger partial charge is 0.487 e. The molecule has 0 saturated carbocycles. The number of nitrogens with one attached hydrogen (secondary N) is 2. The Bertz CT molecular complexity index is 698. The van der Waals surface area contributed by atoms with Crippen molar-refractivity contribution in [2.75, 3.05) is 6.61 Å². The number of hydrogen-bond acceptors (Lipinski definition) is 3. The summed E-state index contributed by atoms with van der Waals surface area (Å²) in [5, 5.41) is 4.02. The summed E-state index contributed by atoms with van der Waals surface area (Å²) >= 11 is 0. The molecule has 106 valence electrons. The molecule has 0 bridgehead atoms. The van der Waals surface area contributed by atoms with Crippen LogP contribution in [0.25, 0.3) is 6.08 Å². The second-order valence-corrected chi connectivity index (χ2v) is 4.78. The summed E-state index contributed by atoms with van der Waals surface area (Å²) in [6, 6.07) is 11.5. The number of hydrazone groups is 1. The van der Waals surface area contributed by atoms with Gasteiger partial charge < -0.3 is 9.72 Å². The minimum atomic E-state index is -0.216. The van der Waals surface area contributed by atoms with E-state index in [9.17, 15) is 4.79 Å². The quantitative estimate of drug-likeness (QED) is 0.844. The molecule has 1 amide bonds. The lowest BCUT2D eigenvalue weighted by Gasteiger charge is -2.06. The van der Waals surface area contributed by atoms with Crippen LogP contribution in [-0.4, -0.2) is 23.2 Å². The summed E-state index contributed by atoms with van der Waals surface area (Å²) in [6.45, 7) is 2.26. The van der Waals surface area contributed by atoms with Crippen LogP contribution in [0.2, 0.25) is 0 Å². The molecule has 2 heterocycles. The van der Waals surface area contributed by atoms with Gasteiger partial charge in [0.1, 0.15) is 18.1 Å². The first-order valence-corrected chi connectivity index (χ1v) is 6.64. The number of amides is 1. The Morgan fingerprint density at radius 1 is 1.24 bits per heavy atom. The van der Waals surface area contributed by atoms with Gasteiger partial charge in [0.15, 0.2) is 0 Å². The van der Waals surface area contributed by atoms with Gasteiger partial charge in [0.05, 0.1) is 5.57 Å². The molecule has 0 fully saturated rings. The lowest BCUT2D eigenvalue weighted by Crippen LogP contribution is -2.16. The zero-order valence-corrected chi connectivity index (χ0v) is 11.6. The van der Waals surface area contributed by atoms with Gasteiger partial charge in [0.25, 0.3) is 5.91 Å². The molecule has 1 aromatic carbocycles. The van der Waals surface area contributed by atoms with E-state index in [0.29, 0.717) is 11.3 Å². The van der Waals surface area contributed by atoms with Gasteiger partial charge in [-0.3, -0.25) is 4.79 Å². The highest BCUT2D eigenvalue weighted by Gasteiger charge is 2.23. The van der Waals surface area contributed by atoms with E-state index < -0.39 is 0 Å². The van der Waals surface area contributed by atoms with E-state index in [1.165, 1.54) is 5.56 Å². The third-order valence-corrected chi connectivity index (χ3v) is 3.17. The van der Waals surface area contributed by atoms with E-state index in [-0.39, 0.29) is 12.5 Å². The molecule has 0 aliphatic carbocycles. The number of aromatic amines is 1. The third kappa shape index (κ3) is 3.02. The summed E-state index contributed by atoms with van der Waals surface area (Å²) in [5.41, 5.74) is 5.60. The molecule has 1 aliphatic rings. The second-order valence-electron chi connectivity index (χ2n) is 4.78. The molecule has 5 heteroatoms. The summed E-state index contributed by atoms with van der Waals surface area (Å²) < 4.78 is 5.67. The van der Waals surface area contributed by atoms with Crippen molar-refractivity contribution in [3.05, 3.63) is 59.4 Å². The Balaban J connectivity index is 1.72. The van der Waals surface area contributed by atoms with Crippen LogP contribution in [0.5, 0.6) is 5.75 Å². The van der Waals surface area contributed by atoms with Crippen LogP contribution in [0.1, 0.15) is 11.3 Å². The zero-order chi connectivity index (χ0) is 14.7. The van der Waals surface area contributed by atoms with Gasteiger partial charge in [-0.1, -0.05) is 17.7 Å². The molecule has 0 unspecified atom stereocenters. The minimum absolute atomic E-state index is 0.216. The monoisotopic (exact) mass is 281 g/mol. The predicted molar refractivity (Wildman–Crippen MR) is 81.0 cm³/mol. The normalized spacial score (nSPS) is 16.0. The summed E-state index contributed by atoms with van der Waals surface area (Å²) in [7, 11) is 0. The van der Waals surface area contributed by atoms with Gasteiger partial charge in [0, 0.05) is 11.9 Å². The summed E-state index contributed by atoms with van der Waals surface area (Å²) in [4.78, 5) is 14.8. The van der Waals surface area contributed by atoms with Gasteiger partial charge in [-0.2, -0.15) is 5.10 Å². The Morgan fingerprint density at radius 2 is 2.05 bits per heavy atom. The number of aromatic nitrogens is 1. The Hall–Kier alpha value is -2.82. The number of carbonyl (C=O) groups is 1. The van der Waals surface area contributed by atoms with E-state index in [1.54, 1.807) is 12.3 Å². The molecule has 2 aromatic rings. The van der Waals surface area contributed by atoms with E-state index in [2.05, 4.69) is 15.5 Å². The Labute approximate surface area is 122 Å². The maximum Gasteiger partial charge on any atom is 0.273 e. The van der Waals surface area contributed by atoms with E-state index in [0.717, 1.165) is 11.4 Å². The van der Waals surface area contributed by atoms with E-state index in [4.69, 9.17) is 4.74 Å². The van der Waals surface area contributed by atoms with Crippen LogP contribution in [0.3, 0.4) is 0 Å². The van der Waals surface area contributed by atoms with Crippen molar-refractivity contribution in [2.24, 2.45) is 5.10 Å². The fourth-order valence-electron chi connectivity index (χ4n) is 2.00. The van der Waals surface area contributed by atoms with Crippen molar-refractivity contribution in [1.29, 1.82) is 0 Å². The molecule has 0 spiro atoms. The average molecular weight is 281 g/mol. The number of hydrogen-bond donors (Lipinski definition) is 2. The lowest BCUT2D eigenvalue weighted by molar-refractivity contribution is -0.116. The molecule has 21 heavy (non-hydrogen) atoms. The number of benzene rings is 1. The van der Waals surface area contributed by atoms with Gasteiger partial charge in [0.2, 0.25) is 0 Å². The predicted octanol–water partition coefficient (Wildman–Crippen LogP) is 2.27. The van der Waals surface area contributed by atoms with Crippen molar-refractivity contribution in [1.82, 2.24) is 10.4 Å². The number of H-pyrrole nitrogens is 1. The molecule has 2 N–H and O–H groups in total. The SMILES string of the molecule is Cc1ccc(OCC2=NNC(=O)/C2=C/c2ccc[nH]2)cc1. The maximum absolute atomic E-state index is 11.8. The number of aryl methyl sites for hydroxylation is 1. The third-order valence-electron chi connectivity index (χ3n) is 3.17. The molecule has 1 aromatic heterocycles. The van der Waals surface area contributed by atoms with Crippen LogP contribution in [0, 0.1) is 6.92 Å². The van der Waals surface area contributed by atoms with E-state index >= 15 is 0 Å². The fourth-order valence-corrected chi connectivity index (χ4v) is 2.00. The van der Waals surface area contributed by atoms with Gasteiger partial charge >= 0.3 is 0 Å². The number of carbonyl (C=O) groups excluding carboxylic acids is 1. The molecule has 5 nitrogen and oxygen atoms in total. The average Bonchev–Trinajstić information content (AvgIpc) is 3.11. The standard InChI is InChI=1S/C16H15N3O2/c1-11-4-6-13(7-5-11)21-10-15-14(16(20)19-18-15)9-12-3-2-8-17-12/h2-9,17H,10H2,1H3,(H,19,20)/b14-9+. The summed E-state index contributed by atoms with van der Waals surface area (Å²) in [5.74, 6) is 0.536. The molecule has 1 aliphatic heterocycles. The Kier molecular flexibility index (Phi) is 3.55. The van der Waals surface area contributed by atoms with Crippen LogP contribution < -0.4 is 10.2 Å². The maximum atomic E-state index is 11.8. The first-order valence-electron chi connectivity index (χ1n) is 6.64. The minimum Gasteiger partial charge on any atom is -0.487 e. The Morgan fingerprint density at radius 3 is 2.76 bits per heavy atom. The fraction of sp³-hybridized carbons (Fsp3) is 0.125. The van der Waals surface area contributed by atoms with Gasteiger partial charge in [-0.05, 0) is 37.3 Å². The first kappa shape index (κ1) is 13.2. The number of rotatable bonds is 4. The molecule has 0 saturated heterocycles. The molecule has 0 radical (unpaired) electrons. The van der Waals surface area contributed by atoms with Crippen molar-refractivity contribution >= 4 is 17.7 Å². The van der Waals surface area contributed by atoms with Crippen molar-refractivity contribution < 1.29 is 9.53 Å². The molecule has 0 atom stereocenters. The summed E-state index contributed by atoms with van der Waals surface area (Å²) in [6.07, 6.45) is 3.57. The van der Waals surface area contributed by atoms with Crippen LogP contribution in [-0.2, 0) is 4.79 Å².